The van der Waals surface area contributed by atoms with Gasteiger partial charge in [-0.25, -0.2) is 9.97 Å². The Morgan fingerprint density at radius 2 is 1.85 bits per heavy atom. The summed E-state index contributed by atoms with van der Waals surface area (Å²) in [4.78, 5) is 17.2. The molecule has 9 nitrogen and oxygen atoms in total. The molecule has 9 heteroatoms. The molecule has 4 heterocycles. The van der Waals surface area contributed by atoms with Gasteiger partial charge < -0.3 is 24.6 Å². The highest BCUT2D eigenvalue weighted by Gasteiger charge is 2.28. The van der Waals surface area contributed by atoms with E-state index in [0.717, 1.165) is 65.4 Å². The lowest BCUT2D eigenvalue weighted by molar-refractivity contribution is 0.0872. The first-order valence-corrected chi connectivity index (χ1v) is 13.8. The Bertz CT molecular complexity index is 1520. The van der Waals surface area contributed by atoms with Crippen molar-refractivity contribution in [3.05, 3.63) is 77.6 Å². The van der Waals surface area contributed by atoms with Crippen LogP contribution in [-0.4, -0.2) is 60.4 Å². The molecule has 2 aliphatic rings. The van der Waals surface area contributed by atoms with E-state index in [2.05, 4.69) is 46.5 Å². The second kappa shape index (κ2) is 11.6. The molecule has 2 aromatic heterocycles. The minimum atomic E-state index is 0.00447. The summed E-state index contributed by atoms with van der Waals surface area (Å²) in [7, 11) is 0. The van der Waals surface area contributed by atoms with Crippen LogP contribution in [0.25, 0.3) is 27.6 Å². The maximum Gasteiger partial charge on any atom is 0.165 e. The van der Waals surface area contributed by atoms with Crippen LogP contribution in [0.15, 0.2) is 64.2 Å². The molecule has 2 saturated heterocycles. The molecule has 2 aromatic carbocycles. The predicted octanol–water partition coefficient (Wildman–Crippen LogP) is 5.03. The summed E-state index contributed by atoms with van der Waals surface area (Å²) in [6.07, 6.45) is 5.15. The Hall–Kier alpha value is -4.08. The standard InChI is InChI=1S/C31H34N6O3/c1-20-29(21(2)40-36-20)23-8-9-27-26(16-23)31(37-12-15-39-19-28(37)22-6-4-3-5-7-22)35-30(34-27)24(17-32)18-33-25-10-13-38-14-11-25/h3-9,16-18,25,28H,10-15,19,32H2,1-2H3/t28-/m1/s1. The van der Waals surface area contributed by atoms with Crippen molar-refractivity contribution in [2.45, 2.75) is 38.8 Å². The van der Waals surface area contributed by atoms with Gasteiger partial charge in [-0.3, -0.25) is 4.99 Å². The summed E-state index contributed by atoms with van der Waals surface area (Å²) in [6, 6.07) is 16.9. The van der Waals surface area contributed by atoms with Crippen LogP contribution in [-0.2, 0) is 9.47 Å². The van der Waals surface area contributed by atoms with E-state index in [1.54, 1.807) is 6.20 Å². The van der Waals surface area contributed by atoms with Crippen LogP contribution in [0.1, 0.15) is 41.7 Å². The van der Waals surface area contributed by atoms with Crippen molar-refractivity contribution in [1.29, 1.82) is 0 Å². The van der Waals surface area contributed by atoms with E-state index in [-0.39, 0.29) is 12.1 Å². The molecule has 0 saturated carbocycles. The van der Waals surface area contributed by atoms with Gasteiger partial charge >= 0.3 is 0 Å². The number of aromatic nitrogens is 3. The molecular weight excluding hydrogens is 504 g/mol. The van der Waals surface area contributed by atoms with Crippen molar-refractivity contribution in [3.63, 3.8) is 0 Å². The minimum Gasteiger partial charge on any atom is -0.404 e. The van der Waals surface area contributed by atoms with Crippen LogP contribution in [0.3, 0.4) is 0 Å². The van der Waals surface area contributed by atoms with Crippen molar-refractivity contribution in [1.82, 2.24) is 15.1 Å². The zero-order chi connectivity index (χ0) is 27.5. The first-order chi connectivity index (χ1) is 19.6. The number of ether oxygens (including phenoxy) is 2. The number of hydrogen-bond acceptors (Lipinski definition) is 9. The second-order valence-corrected chi connectivity index (χ2v) is 10.2. The first kappa shape index (κ1) is 26.2. The SMILES string of the molecule is Cc1noc(C)c1-c1ccc2nc(C(C=NC3CCOCC3)=CN)nc(N3CCOC[C@@H]3c3ccccc3)c2c1. The molecular formula is C31H34N6O3. The number of anilines is 1. The lowest BCUT2D eigenvalue weighted by Crippen LogP contribution is -2.40. The van der Waals surface area contributed by atoms with Crippen LogP contribution in [0.4, 0.5) is 5.82 Å². The number of nitrogens with two attached hydrogens (primary N) is 1. The third-order valence-corrected chi connectivity index (χ3v) is 7.64. The fourth-order valence-electron chi connectivity index (χ4n) is 5.51. The third-order valence-electron chi connectivity index (χ3n) is 7.64. The van der Waals surface area contributed by atoms with Gasteiger partial charge in [-0.1, -0.05) is 41.6 Å². The summed E-state index contributed by atoms with van der Waals surface area (Å²) >= 11 is 0. The largest absolute Gasteiger partial charge is 0.404 e. The minimum absolute atomic E-state index is 0.00447. The molecule has 40 heavy (non-hydrogen) atoms. The lowest BCUT2D eigenvalue weighted by Gasteiger charge is -2.37. The van der Waals surface area contributed by atoms with Gasteiger partial charge in [-0.15, -0.1) is 0 Å². The zero-order valence-electron chi connectivity index (χ0n) is 22.9. The van der Waals surface area contributed by atoms with E-state index in [9.17, 15) is 0 Å². The molecule has 2 fully saturated rings. The Labute approximate surface area is 233 Å². The Morgan fingerprint density at radius 1 is 1.02 bits per heavy atom. The van der Waals surface area contributed by atoms with Crippen LogP contribution in [0.2, 0.25) is 0 Å². The van der Waals surface area contributed by atoms with E-state index in [1.807, 2.05) is 32.2 Å². The van der Waals surface area contributed by atoms with Gasteiger partial charge in [0.05, 0.1) is 42.1 Å². The highest BCUT2D eigenvalue weighted by molar-refractivity contribution is 6.09. The van der Waals surface area contributed by atoms with Crippen LogP contribution < -0.4 is 10.6 Å². The maximum absolute atomic E-state index is 6.12. The molecule has 0 aliphatic carbocycles. The molecule has 0 spiro atoms. The van der Waals surface area contributed by atoms with Gasteiger partial charge in [0.25, 0.3) is 0 Å². The Balaban J connectivity index is 1.49. The highest BCUT2D eigenvalue weighted by atomic mass is 16.5. The molecule has 0 bridgehead atoms. The van der Waals surface area contributed by atoms with Gasteiger partial charge in [0.1, 0.15) is 11.6 Å². The van der Waals surface area contributed by atoms with E-state index in [1.165, 1.54) is 5.56 Å². The number of morpholine rings is 1. The first-order valence-electron chi connectivity index (χ1n) is 13.8. The summed E-state index contributed by atoms with van der Waals surface area (Å²) in [6.45, 7) is 7.22. The number of allylic oxidation sites excluding steroid dienone is 1. The summed E-state index contributed by atoms with van der Waals surface area (Å²) < 4.78 is 16.9. The van der Waals surface area contributed by atoms with E-state index in [4.69, 9.17) is 34.7 Å². The zero-order valence-corrected chi connectivity index (χ0v) is 22.9. The van der Waals surface area contributed by atoms with E-state index >= 15 is 0 Å². The predicted molar refractivity (Wildman–Crippen MR) is 156 cm³/mol. The molecule has 2 aliphatic heterocycles. The van der Waals surface area contributed by atoms with Crippen LogP contribution >= 0.6 is 0 Å². The molecule has 1 atom stereocenters. The van der Waals surface area contributed by atoms with Gasteiger partial charge in [0, 0.05) is 43.1 Å². The van der Waals surface area contributed by atoms with E-state index in [0.29, 0.717) is 31.2 Å². The van der Waals surface area contributed by atoms with Crippen molar-refractivity contribution >= 4 is 28.5 Å². The highest BCUT2D eigenvalue weighted by Crippen LogP contribution is 2.37. The average molecular weight is 539 g/mol. The molecule has 6 rings (SSSR count). The van der Waals surface area contributed by atoms with Crippen molar-refractivity contribution in [2.75, 3.05) is 37.9 Å². The maximum atomic E-state index is 6.12. The quantitative estimate of drug-likeness (QED) is 0.340. The van der Waals surface area contributed by atoms with Gasteiger partial charge in [0.2, 0.25) is 0 Å². The molecule has 0 unspecified atom stereocenters. The number of fused-ring (bicyclic) bond motifs is 1. The topological polar surface area (TPSA) is 112 Å². The average Bonchev–Trinajstić information content (AvgIpc) is 3.35. The van der Waals surface area contributed by atoms with Crippen LogP contribution in [0.5, 0.6) is 0 Å². The monoisotopic (exact) mass is 538 g/mol. The summed E-state index contributed by atoms with van der Waals surface area (Å²) in [5.74, 6) is 2.16. The Morgan fingerprint density at radius 3 is 2.60 bits per heavy atom. The molecule has 206 valence electrons. The summed E-state index contributed by atoms with van der Waals surface area (Å²) in [5.41, 5.74) is 11.7. The van der Waals surface area contributed by atoms with Gasteiger partial charge in [0.15, 0.2) is 5.82 Å². The molecule has 2 N–H and O–H groups in total. The number of benzene rings is 2. The third kappa shape index (κ3) is 5.22. The molecule has 0 radical (unpaired) electrons. The molecule has 4 aromatic rings. The fourth-order valence-corrected chi connectivity index (χ4v) is 5.51. The Kier molecular flexibility index (Phi) is 7.57. The van der Waals surface area contributed by atoms with Gasteiger partial charge in [-0.2, -0.15) is 0 Å². The van der Waals surface area contributed by atoms with Crippen molar-refractivity contribution in [2.24, 2.45) is 10.7 Å². The number of aliphatic imine (C=N–C) groups is 1. The van der Waals surface area contributed by atoms with E-state index < -0.39 is 0 Å². The lowest BCUT2D eigenvalue weighted by atomic mass is 10.0. The van der Waals surface area contributed by atoms with Crippen molar-refractivity contribution in [3.8, 4) is 11.1 Å². The number of nitrogens with zero attached hydrogens (tertiary/aromatic N) is 5. The number of aryl methyl sites for hydroxylation is 2. The van der Waals surface area contributed by atoms with Gasteiger partial charge in [-0.05, 0) is 49.9 Å². The normalized spacial score (nSPS) is 19.1. The fraction of sp³-hybridized carbons (Fsp3) is 0.355. The smallest absolute Gasteiger partial charge is 0.165 e. The number of rotatable bonds is 6. The van der Waals surface area contributed by atoms with Crippen molar-refractivity contribution < 1.29 is 14.0 Å². The van der Waals surface area contributed by atoms with Crippen LogP contribution in [0, 0.1) is 13.8 Å². The summed E-state index contributed by atoms with van der Waals surface area (Å²) in [5, 5.41) is 5.11. The molecule has 0 amide bonds. The second-order valence-electron chi connectivity index (χ2n) is 10.2. The number of hydrogen-bond donors (Lipinski definition) is 1.